The molecule has 0 amide bonds. The van der Waals surface area contributed by atoms with E-state index in [0.29, 0.717) is 0 Å². The molecule has 0 atom stereocenters. The summed E-state index contributed by atoms with van der Waals surface area (Å²) >= 11 is 6.17. The monoisotopic (exact) mass is 219 g/mol. The molecule has 0 aliphatic heterocycles. The number of allylic oxidation sites excluding steroid dienone is 1. The Morgan fingerprint density at radius 3 is 2.79 bits per heavy atom. The Hall–Kier alpha value is -1.06. The predicted molar refractivity (Wildman–Crippen MR) is 66.9 cm³/mol. The Kier molecular flexibility index (Phi) is 2.70. The Morgan fingerprint density at radius 2 is 2.07 bits per heavy atom. The fourth-order valence-electron chi connectivity index (χ4n) is 1.30. The molecule has 14 heavy (non-hydrogen) atoms. The van der Waals surface area contributed by atoms with E-state index in [9.17, 15) is 0 Å². The second kappa shape index (κ2) is 3.98. The van der Waals surface area contributed by atoms with E-state index >= 15 is 0 Å². The molecule has 0 saturated carbocycles. The normalized spacial score (nSPS) is 11.2. The minimum Gasteiger partial charge on any atom is -0.309 e. The van der Waals surface area contributed by atoms with Crippen molar-refractivity contribution >= 4 is 46.3 Å². The molecule has 0 radical (unpaired) electrons. The highest BCUT2D eigenvalue weighted by Crippen LogP contribution is 2.34. The van der Waals surface area contributed by atoms with E-state index in [2.05, 4.69) is 24.8 Å². The minimum absolute atomic E-state index is 1.00. The summed E-state index contributed by atoms with van der Waals surface area (Å²) in [6, 6.07) is 8.19. The summed E-state index contributed by atoms with van der Waals surface area (Å²) < 4.78 is 1.24. The van der Waals surface area contributed by atoms with Crippen LogP contribution < -0.4 is 0 Å². The summed E-state index contributed by atoms with van der Waals surface area (Å²) in [5.74, 6) is 0. The molecule has 0 unspecified atom stereocenters. The maximum atomic E-state index is 6.92. The van der Waals surface area contributed by atoms with Gasteiger partial charge in [0.25, 0.3) is 0 Å². The Bertz CT molecular complexity index is 497. The second-order valence-corrected chi connectivity index (χ2v) is 4.37. The SMILES string of the molecule is N=CC=Cc1sc2ccccc2c1S. The van der Waals surface area contributed by atoms with Crippen LogP contribution in [0.25, 0.3) is 16.2 Å². The van der Waals surface area contributed by atoms with Crippen molar-refractivity contribution in [2.24, 2.45) is 0 Å². The lowest BCUT2D eigenvalue weighted by molar-refractivity contribution is 1.58. The first-order valence-corrected chi connectivity index (χ1v) is 5.47. The van der Waals surface area contributed by atoms with Gasteiger partial charge in [-0.2, -0.15) is 0 Å². The highest BCUT2D eigenvalue weighted by molar-refractivity contribution is 7.81. The van der Waals surface area contributed by atoms with Crippen LogP contribution in [0.2, 0.25) is 0 Å². The van der Waals surface area contributed by atoms with Crippen molar-refractivity contribution in [3.05, 3.63) is 35.2 Å². The van der Waals surface area contributed by atoms with Crippen LogP contribution in [0.1, 0.15) is 4.88 Å². The van der Waals surface area contributed by atoms with E-state index in [1.165, 1.54) is 16.3 Å². The van der Waals surface area contributed by atoms with Crippen molar-refractivity contribution in [1.29, 1.82) is 5.41 Å². The molecule has 1 heterocycles. The number of benzene rings is 1. The maximum absolute atomic E-state index is 6.92. The predicted octanol–water partition coefficient (Wildman–Crippen LogP) is 3.85. The molecule has 3 heteroatoms. The molecule has 1 nitrogen and oxygen atoms in total. The summed E-state index contributed by atoms with van der Waals surface area (Å²) in [7, 11) is 0. The van der Waals surface area contributed by atoms with Gasteiger partial charge in [-0.3, -0.25) is 0 Å². The molecule has 70 valence electrons. The van der Waals surface area contributed by atoms with E-state index in [1.807, 2.05) is 18.2 Å². The van der Waals surface area contributed by atoms with Crippen molar-refractivity contribution in [3.63, 3.8) is 0 Å². The van der Waals surface area contributed by atoms with Crippen LogP contribution in [0.3, 0.4) is 0 Å². The Morgan fingerprint density at radius 1 is 1.29 bits per heavy atom. The van der Waals surface area contributed by atoms with Crippen LogP contribution in [-0.4, -0.2) is 6.21 Å². The summed E-state index contributed by atoms with van der Waals surface area (Å²) in [4.78, 5) is 2.11. The molecule has 1 aromatic heterocycles. The van der Waals surface area contributed by atoms with Crippen molar-refractivity contribution in [3.8, 4) is 0 Å². The number of hydrogen-bond donors (Lipinski definition) is 2. The molecule has 0 spiro atoms. The number of thiol groups is 1. The van der Waals surface area contributed by atoms with Crippen LogP contribution in [0.4, 0.5) is 0 Å². The fraction of sp³-hybridized carbons (Fsp3) is 0. The van der Waals surface area contributed by atoms with Crippen LogP contribution in [0, 0.1) is 5.41 Å². The zero-order chi connectivity index (χ0) is 9.97. The molecule has 2 aromatic rings. The molecular weight excluding hydrogens is 210 g/mol. The maximum Gasteiger partial charge on any atom is 0.0416 e. The van der Waals surface area contributed by atoms with Gasteiger partial charge in [0.05, 0.1) is 0 Å². The van der Waals surface area contributed by atoms with Gasteiger partial charge < -0.3 is 5.41 Å². The smallest absolute Gasteiger partial charge is 0.0416 e. The Balaban J connectivity index is 2.62. The number of hydrogen-bond acceptors (Lipinski definition) is 3. The summed E-state index contributed by atoms with van der Waals surface area (Å²) in [5.41, 5.74) is 0. The fourth-order valence-corrected chi connectivity index (χ4v) is 2.80. The lowest BCUT2D eigenvalue weighted by Gasteiger charge is -1.88. The summed E-state index contributed by atoms with van der Waals surface area (Å²) in [5, 5.41) is 8.11. The highest BCUT2D eigenvalue weighted by Gasteiger charge is 2.04. The minimum atomic E-state index is 1.00. The number of thiophene rings is 1. The zero-order valence-corrected chi connectivity index (χ0v) is 9.11. The molecule has 0 aliphatic rings. The average Bonchev–Trinajstić information content (AvgIpc) is 2.54. The van der Waals surface area contributed by atoms with Crippen molar-refractivity contribution in [1.82, 2.24) is 0 Å². The van der Waals surface area contributed by atoms with E-state index in [-0.39, 0.29) is 0 Å². The molecule has 0 bridgehead atoms. The van der Waals surface area contributed by atoms with Gasteiger partial charge >= 0.3 is 0 Å². The molecule has 0 aliphatic carbocycles. The van der Waals surface area contributed by atoms with Crippen LogP contribution >= 0.6 is 24.0 Å². The van der Waals surface area contributed by atoms with Crippen LogP contribution in [0.15, 0.2) is 35.2 Å². The molecule has 0 fully saturated rings. The molecule has 2 rings (SSSR count). The standard InChI is InChI=1S/C11H9NS2/c12-7-3-6-10-11(13)8-4-1-2-5-9(8)14-10/h1-7,12-13H. The van der Waals surface area contributed by atoms with Crippen LogP contribution in [0.5, 0.6) is 0 Å². The van der Waals surface area contributed by atoms with Crippen molar-refractivity contribution < 1.29 is 0 Å². The third kappa shape index (κ3) is 1.61. The van der Waals surface area contributed by atoms with E-state index in [1.54, 1.807) is 17.4 Å². The molecule has 1 aromatic carbocycles. The van der Waals surface area contributed by atoms with Gasteiger partial charge in [-0.05, 0) is 18.2 Å². The molecule has 0 saturated heterocycles. The number of nitrogens with one attached hydrogen (secondary N) is 1. The largest absolute Gasteiger partial charge is 0.309 e. The van der Waals surface area contributed by atoms with Gasteiger partial charge in [0.2, 0.25) is 0 Å². The zero-order valence-electron chi connectivity index (χ0n) is 7.40. The van der Waals surface area contributed by atoms with Gasteiger partial charge in [-0.25, -0.2) is 0 Å². The van der Waals surface area contributed by atoms with E-state index < -0.39 is 0 Å². The summed E-state index contributed by atoms with van der Waals surface area (Å²) in [6.45, 7) is 0. The summed E-state index contributed by atoms with van der Waals surface area (Å²) in [6.07, 6.45) is 4.90. The quantitative estimate of drug-likeness (QED) is 0.566. The van der Waals surface area contributed by atoms with Gasteiger partial charge in [0.1, 0.15) is 0 Å². The Labute approximate surface area is 92.0 Å². The topological polar surface area (TPSA) is 23.9 Å². The van der Waals surface area contributed by atoms with Crippen molar-refractivity contribution in [2.45, 2.75) is 4.90 Å². The van der Waals surface area contributed by atoms with Gasteiger partial charge in [-0.15, -0.1) is 24.0 Å². The van der Waals surface area contributed by atoms with Crippen molar-refractivity contribution in [2.75, 3.05) is 0 Å². The van der Waals surface area contributed by atoms with E-state index in [4.69, 9.17) is 5.41 Å². The molecule has 1 N–H and O–H groups in total. The van der Waals surface area contributed by atoms with Gasteiger partial charge in [-0.1, -0.05) is 18.2 Å². The number of fused-ring (bicyclic) bond motifs is 1. The van der Waals surface area contributed by atoms with Gasteiger partial charge in [0.15, 0.2) is 0 Å². The number of rotatable bonds is 2. The molecular formula is C11H9NS2. The highest BCUT2D eigenvalue weighted by atomic mass is 32.1. The first kappa shape index (κ1) is 9.49. The second-order valence-electron chi connectivity index (χ2n) is 2.84. The lowest BCUT2D eigenvalue weighted by atomic mass is 10.2. The first-order chi connectivity index (χ1) is 6.83. The third-order valence-electron chi connectivity index (χ3n) is 1.94. The van der Waals surface area contributed by atoms with E-state index in [0.717, 1.165) is 9.77 Å². The van der Waals surface area contributed by atoms with Crippen LogP contribution in [-0.2, 0) is 0 Å². The third-order valence-corrected chi connectivity index (χ3v) is 3.71. The lowest BCUT2D eigenvalue weighted by Crippen LogP contribution is -1.65. The first-order valence-electron chi connectivity index (χ1n) is 4.20. The van der Waals surface area contributed by atoms with Gasteiger partial charge in [0, 0.05) is 26.1 Å². The average molecular weight is 219 g/mol.